The van der Waals surface area contributed by atoms with Gasteiger partial charge in [0.2, 0.25) is 0 Å². The van der Waals surface area contributed by atoms with Crippen molar-refractivity contribution in [3.63, 3.8) is 0 Å². The maximum absolute atomic E-state index is 12.2. The molecule has 1 unspecified atom stereocenters. The van der Waals surface area contributed by atoms with Gasteiger partial charge in [0.25, 0.3) is 5.91 Å². The summed E-state index contributed by atoms with van der Waals surface area (Å²) in [6.45, 7) is 7.74. The number of hydrogen-bond acceptors (Lipinski definition) is 5. The molecule has 0 radical (unpaired) electrons. The molecule has 0 bridgehead atoms. The van der Waals surface area contributed by atoms with Crippen LogP contribution in [-0.2, 0) is 0 Å². The Morgan fingerprint density at radius 2 is 2.00 bits per heavy atom. The topological polar surface area (TPSA) is 70.2 Å². The minimum atomic E-state index is -0.180. The van der Waals surface area contributed by atoms with Gasteiger partial charge in [-0.3, -0.25) is 4.79 Å². The second kappa shape index (κ2) is 7.79. The number of carbonyl (C=O) groups excluding carboxylic acids is 1. The first kappa shape index (κ1) is 16.4. The first-order valence-corrected chi connectivity index (χ1v) is 6.97. The van der Waals surface area contributed by atoms with E-state index in [-0.39, 0.29) is 11.9 Å². The van der Waals surface area contributed by atoms with Gasteiger partial charge in [0.1, 0.15) is 5.82 Å². The molecule has 0 fully saturated rings. The first-order valence-electron chi connectivity index (χ1n) is 6.97. The van der Waals surface area contributed by atoms with Crippen molar-refractivity contribution in [1.82, 2.24) is 20.4 Å². The quantitative estimate of drug-likeness (QED) is 0.785. The van der Waals surface area contributed by atoms with Crippen LogP contribution in [0.4, 0.5) is 5.82 Å². The van der Waals surface area contributed by atoms with Gasteiger partial charge in [-0.2, -0.15) is 0 Å². The molecule has 1 rings (SSSR count). The van der Waals surface area contributed by atoms with Crippen LogP contribution in [-0.4, -0.2) is 54.2 Å². The molecule has 0 saturated heterocycles. The summed E-state index contributed by atoms with van der Waals surface area (Å²) in [6.07, 6.45) is 0. The Morgan fingerprint density at radius 3 is 2.45 bits per heavy atom. The fraction of sp³-hybridized carbons (Fsp3) is 0.643. The Bertz CT molecular complexity index is 416. The molecular weight excluding hydrogens is 254 g/mol. The van der Waals surface area contributed by atoms with Gasteiger partial charge < -0.3 is 15.5 Å². The van der Waals surface area contributed by atoms with Crippen molar-refractivity contribution in [2.75, 3.05) is 32.5 Å². The zero-order chi connectivity index (χ0) is 15.1. The maximum atomic E-state index is 12.2. The lowest BCUT2D eigenvalue weighted by Gasteiger charge is -2.25. The lowest BCUT2D eigenvalue weighted by atomic mass is 10.0. The standard InChI is InChI=1S/C14H25N5O/c1-6-15-13-8-7-11(17-18-13)14(20)16-12(10(2)3)9-19(4)5/h7-8,10,12H,6,9H2,1-5H3,(H,15,18)(H,16,20). The third kappa shape index (κ3) is 5.13. The summed E-state index contributed by atoms with van der Waals surface area (Å²) >= 11 is 0. The van der Waals surface area contributed by atoms with Gasteiger partial charge in [-0.05, 0) is 39.1 Å². The minimum absolute atomic E-state index is 0.0905. The summed E-state index contributed by atoms with van der Waals surface area (Å²) in [4.78, 5) is 14.2. The van der Waals surface area contributed by atoms with Crippen LogP contribution in [0.5, 0.6) is 0 Å². The van der Waals surface area contributed by atoms with Crippen molar-refractivity contribution in [2.24, 2.45) is 5.92 Å². The number of hydrogen-bond donors (Lipinski definition) is 2. The van der Waals surface area contributed by atoms with Gasteiger partial charge >= 0.3 is 0 Å². The summed E-state index contributed by atoms with van der Waals surface area (Å²) in [6, 6.07) is 3.54. The Morgan fingerprint density at radius 1 is 1.30 bits per heavy atom. The highest BCUT2D eigenvalue weighted by atomic mass is 16.2. The molecule has 0 aromatic carbocycles. The van der Waals surface area contributed by atoms with Crippen LogP contribution in [0.25, 0.3) is 0 Å². The van der Waals surface area contributed by atoms with Crippen LogP contribution >= 0.6 is 0 Å². The Balaban J connectivity index is 2.68. The van der Waals surface area contributed by atoms with Crippen LogP contribution in [0.1, 0.15) is 31.3 Å². The Labute approximate surface area is 121 Å². The molecular formula is C14H25N5O. The van der Waals surface area contributed by atoms with Crippen LogP contribution in [0.2, 0.25) is 0 Å². The SMILES string of the molecule is CCNc1ccc(C(=O)NC(CN(C)C)C(C)C)nn1. The van der Waals surface area contributed by atoms with E-state index in [9.17, 15) is 4.79 Å². The molecule has 20 heavy (non-hydrogen) atoms. The second-order valence-corrected chi connectivity index (χ2v) is 5.42. The number of likely N-dealkylation sites (N-methyl/N-ethyl adjacent to an activating group) is 1. The highest BCUT2D eigenvalue weighted by Gasteiger charge is 2.18. The Kier molecular flexibility index (Phi) is 6.38. The highest BCUT2D eigenvalue weighted by molar-refractivity contribution is 5.92. The summed E-state index contributed by atoms with van der Waals surface area (Å²) in [7, 11) is 3.99. The van der Waals surface area contributed by atoms with Gasteiger partial charge in [0, 0.05) is 19.1 Å². The van der Waals surface area contributed by atoms with Crippen molar-refractivity contribution in [2.45, 2.75) is 26.8 Å². The first-order chi connectivity index (χ1) is 9.43. The molecule has 2 N–H and O–H groups in total. The second-order valence-electron chi connectivity index (χ2n) is 5.42. The van der Waals surface area contributed by atoms with Gasteiger partial charge in [-0.1, -0.05) is 13.8 Å². The molecule has 0 spiro atoms. The van der Waals surface area contributed by atoms with E-state index in [1.807, 2.05) is 21.0 Å². The molecule has 0 saturated carbocycles. The molecule has 1 amide bonds. The number of aromatic nitrogens is 2. The molecule has 1 atom stereocenters. The van der Waals surface area contributed by atoms with Gasteiger partial charge in [0.05, 0.1) is 0 Å². The van der Waals surface area contributed by atoms with Gasteiger partial charge in [-0.25, -0.2) is 0 Å². The molecule has 0 aliphatic rings. The smallest absolute Gasteiger partial charge is 0.272 e. The fourth-order valence-electron chi connectivity index (χ4n) is 1.79. The molecule has 6 heteroatoms. The summed E-state index contributed by atoms with van der Waals surface area (Å²) in [5.74, 6) is 0.856. The molecule has 1 heterocycles. The zero-order valence-electron chi connectivity index (χ0n) is 13.0. The van der Waals surface area contributed by atoms with Crippen molar-refractivity contribution < 1.29 is 4.79 Å². The summed E-state index contributed by atoms with van der Waals surface area (Å²) in [5, 5.41) is 14.0. The van der Waals surface area contributed by atoms with Crippen LogP contribution in [0.3, 0.4) is 0 Å². The lowest BCUT2D eigenvalue weighted by Crippen LogP contribution is -2.45. The van der Waals surface area contributed by atoms with E-state index in [4.69, 9.17) is 0 Å². The van der Waals surface area contributed by atoms with Crippen molar-refractivity contribution >= 4 is 11.7 Å². The number of nitrogens with zero attached hydrogens (tertiary/aromatic N) is 3. The lowest BCUT2D eigenvalue weighted by molar-refractivity contribution is 0.0910. The van der Waals surface area contributed by atoms with E-state index in [2.05, 4.69) is 39.6 Å². The molecule has 112 valence electrons. The van der Waals surface area contributed by atoms with Gasteiger partial charge in [-0.15, -0.1) is 10.2 Å². The van der Waals surface area contributed by atoms with E-state index >= 15 is 0 Å². The van der Waals surface area contributed by atoms with Crippen molar-refractivity contribution in [3.8, 4) is 0 Å². The molecule has 1 aromatic rings. The van der Waals surface area contributed by atoms with Crippen LogP contribution in [0, 0.1) is 5.92 Å². The third-order valence-electron chi connectivity index (χ3n) is 2.94. The molecule has 0 aliphatic heterocycles. The zero-order valence-corrected chi connectivity index (χ0v) is 13.0. The summed E-state index contributed by atoms with van der Waals surface area (Å²) in [5.41, 5.74) is 0.344. The van der Waals surface area contributed by atoms with E-state index in [0.29, 0.717) is 17.4 Å². The predicted octanol–water partition coefficient (Wildman–Crippen LogP) is 1.22. The molecule has 6 nitrogen and oxygen atoms in total. The van der Waals surface area contributed by atoms with Crippen LogP contribution in [0.15, 0.2) is 12.1 Å². The van der Waals surface area contributed by atoms with Crippen LogP contribution < -0.4 is 10.6 Å². The monoisotopic (exact) mass is 279 g/mol. The average Bonchev–Trinajstić information content (AvgIpc) is 2.38. The normalized spacial score (nSPS) is 12.6. The van der Waals surface area contributed by atoms with E-state index in [1.54, 1.807) is 12.1 Å². The number of nitrogens with one attached hydrogen (secondary N) is 2. The van der Waals surface area contributed by atoms with Gasteiger partial charge in [0.15, 0.2) is 5.69 Å². The predicted molar refractivity (Wildman–Crippen MR) is 80.8 cm³/mol. The number of rotatable bonds is 7. The molecule has 0 aliphatic carbocycles. The van der Waals surface area contributed by atoms with E-state index in [1.165, 1.54) is 0 Å². The number of amides is 1. The largest absolute Gasteiger partial charge is 0.369 e. The van der Waals surface area contributed by atoms with E-state index in [0.717, 1.165) is 13.1 Å². The fourth-order valence-corrected chi connectivity index (χ4v) is 1.79. The highest BCUT2D eigenvalue weighted by Crippen LogP contribution is 2.06. The average molecular weight is 279 g/mol. The van der Waals surface area contributed by atoms with Crippen molar-refractivity contribution in [3.05, 3.63) is 17.8 Å². The number of carbonyl (C=O) groups is 1. The third-order valence-corrected chi connectivity index (χ3v) is 2.94. The maximum Gasteiger partial charge on any atom is 0.272 e. The Hall–Kier alpha value is -1.69. The van der Waals surface area contributed by atoms with E-state index < -0.39 is 0 Å². The van der Waals surface area contributed by atoms with Crippen molar-refractivity contribution in [1.29, 1.82) is 0 Å². The molecule has 1 aromatic heterocycles. The minimum Gasteiger partial charge on any atom is -0.369 e. The summed E-state index contributed by atoms with van der Waals surface area (Å²) < 4.78 is 0. The number of anilines is 1.